The Bertz CT molecular complexity index is 900. The highest BCUT2D eigenvalue weighted by Gasteiger charge is 2.24. The molecule has 0 spiro atoms. The summed E-state index contributed by atoms with van der Waals surface area (Å²) in [7, 11) is 0. The largest absolute Gasteiger partial charge is 0.460 e. The molecule has 2 heterocycles. The first kappa shape index (κ1) is 19.2. The van der Waals surface area contributed by atoms with Gasteiger partial charge in [0.05, 0.1) is 0 Å². The predicted molar refractivity (Wildman–Crippen MR) is 108 cm³/mol. The van der Waals surface area contributed by atoms with Crippen molar-refractivity contribution in [3.05, 3.63) is 47.3 Å². The molecule has 1 aliphatic heterocycles. The molecule has 1 fully saturated rings. The van der Waals surface area contributed by atoms with Gasteiger partial charge in [-0.1, -0.05) is 6.07 Å². The second-order valence-electron chi connectivity index (χ2n) is 7.48. The number of benzene rings is 1. The van der Waals surface area contributed by atoms with E-state index < -0.39 is 0 Å². The molecule has 0 saturated heterocycles. The molecule has 0 atom stereocenters. The number of nitrogens with zero attached hydrogens (tertiary/aromatic N) is 2. The zero-order valence-corrected chi connectivity index (χ0v) is 16.7. The van der Waals surface area contributed by atoms with Crippen molar-refractivity contribution in [2.75, 3.05) is 6.79 Å². The predicted octanol–water partition coefficient (Wildman–Crippen LogP) is 3.34. The fourth-order valence-electron chi connectivity index (χ4n) is 3.66. The molecule has 29 heavy (non-hydrogen) atoms. The minimum atomic E-state index is -0.0929. The number of nitrogens with one attached hydrogen (secondary N) is 1. The molecule has 1 N–H and O–H groups in total. The molecule has 152 valence electrons. The maximum atomic E-state index is 12.3. The van der Waals surface area contributed by atoms with Crippen LogP contribution in [0.4, 0.5) is 0 Å². The number of amides is 1. The average Bonchev–Trinajstić information content (AvgIpc) is 3.15. The number of hydrogen-bond acceptors (Lipinski definition) is 6. The second kappa shape index (κ2) is 8.51. The first-order valence-corrected chi connectivity index (χ1v) is 9.92. The maximum absolute atomic E-state index is 12.3. The monoisotopic (exact) mass is 395 g/mol. The number of fused-ring (bicyclic) bond motifs is 1. The summed E-state index contributed by atoms with van der Waals surface area (Å²) in [6.07, 6.45) is 6.92. The van der Waals surface area contributed by atoms with Crippen LogP contribution >= 0.6 is 0 Å². The van der Waals surface area contributed by atoms with E-state index in [1.807, 2.05) is 38.1 Å². The first-order valence-electron chi connectivity index (χ1n) is 9.92. The van der Waals surface area contributed by atoms with Crippen LogP contribution in [0.3, 0.4) is 0 Å². The van der Waals surface area contributed by atoms with Crippen LogP contribution in [-0.2, 0) is 4.79 Å². The van der Waals surface area contributed by atoms with Crippen molar-refractivity contribution in [3.8, 4) is 17.5 Å². The quantitative estimate of drug-likeness (QED) is 0.782. The first-order chi connectivity index (χ1) is 14.0. The minimum absolute atomic E-state index is 0.0912. The van der Waals surface area contributed by atoms with Gasteiger partial charge in [0, 0.05) is 23.5 Å². The van der Waals surface area contributed by atoms with E-state index in [1.165, 1.54) is 0 Å². The summed E-state index contributed by atoms with van der Waals surface area (Å²) in [4.78, 5) is 20.9. The fraction of sp³-hybridized carbons (Fsp3) is 0.409. The smallest absolute Gasteiger partial charge is 0.317 e. The molecular formula is C22H25N3O4. The van der Waals surface area contributed by atoms with Crippen molar-refractivity contribution in [1.82, 2.24) is 15.3 Å². The highest BCUT2D eigenvalue weighted by molar-refractivity contribution is 5.92. The number of ether oxygens (including phenoxy) is 3. The van der Waals surface area contributed by atoms with Gasteiger partial charge in [0.2, 0.25) is 12.7 Å². The van der Waals surface area contributed by atoms with Crippen LogP contribution in [0, 0.1) is 13.8 Å². The Labute approximate surface area is 170 Å². The summed E-state index contributed by atoms with van der Waals surface area (Å²) >= 11 is 0. The van der Waals surface area contributed by atoms with E-state index in [0.29, 0.717) is 11.8 Å². The summed E-state index contributed by atoms with van der Waals surface area (Å²) in [5.74, 6) is 1.35. The summed E-state index contributed by atoms with van der Waals surface area (Å²) in [6.45, 7) is 4.11. The van der Waals surface area contributed by atoms with Crippen LogP contribution in [-0.4, -0.2) is 34.8 Å². The lowest BCUT2D eigenvalue weighted by Gasteiger charge is -2.28. The molecule has 0 radical (unpaired) electrons. The Hall–Kier alpha value is -3.09. The Morgan fingerprint density at radius 1 is 1.07 bits per heavy atom. The molecule has 0 unspecified atom stereocenters. The molecule has 7 nitrogen and oxygen atoms in total. The molecule has 1 aromatic carbocycles. The lowest BCUT2D eigenvalue weighted by atomic mass is 9.93. The molecular weight excluding hydrogens is 370 g/mol. The number of carbonyl (C=O) groups is 1. The number of aromatic nitrogens is 2. The van der Waals surface area contributed by atoms with Gasteiger partial charge in [-0.3, -0.25) is 4.79 Å². The van der Waals surface area contributed by atoms with E-state index in [0.717, 1.165) is 48.4 Å². The topological polar surface area (TPSA) is 82.6 Å². The van der Waals surface area contributed by atoms with Crippen molar-refractivity contribution in [2.45, 2.75) is 51.7 Å². The van der Waals surface area contributed by atoms with Gasteiger partial charge in [-0.05, 0) is 69.4 Å². The normalized spacial score (nSPS) is 20.6. The molecule has 1 amide bonds. The van der Waals surface area contributed by atoms with Gasteiger partial charge in [0.15, 0.2) is 11.5 Å². The average molecular weight is 395 g/mol. The van der Waals surface area contributed by atoms with E-state index in [2.05, 4.69) is 15.3 Å². The van der Waals surface area contributed by atoms with Crippen LogP contribution in [0.2, 0.25) is 0 Å². The van der Waals surface area contributed by atoms with Crippen molar-refractivity contribution in [2.24, 2.45) is 0 Å². The summed E-state index contributed by atoms with van der Waals surface area (Å²) < 4.78 is 16.6. The van der Waals surface area contributed by atoms with E-state index >= 15 is 0 Å². The summed E-state index contributed by atoms with van der Waals surface area (Å²) in [6, 6.07) is 8.14. The van der Waals surface area contributed by atoms with Gasteiger partial charge in [-0.2, -0.15) is 0 Å². The van der Waals surface area contributed by atoms with Gasteiger partial charge >= 0.3 is 6.01 Å². The fourth-order valence-corrected chi connectivity index (χ4v) is 3.66. The molecule has 4 rings (SSSR count). The summed E-state index contributed by atoms with van der Waals surface area (Å²) in [5.41, 5.74) is 2.71. The Balaban J connectivity index is 1.24. The SMILES string of the molecule is Cc1cc(C)nc(OC2CCC(NC(=O)/C=C/c3ccc4c(c3)OCO4)CC2)n1. The van der Waals surface area contributed by atoms with Gasteiger partial charge in [0.1, 0.15) is 6.10 Å². The van der Waals surface area contributed by atoms with E-state index in [4.69, 9.17) is 14.2 Å². The van der Waals surface area contributed by atoms with Gasteiger partial charge in [-0.15, -0.1) is 0 Å². The lowest BCUT2D eigenvalue weighted by molar-refractivity contribution is -0.117. The van der Waals surface area contributed by atoms with Crippen LogP contribution in [0.5, 0.6) is 17.5 Å². The van der Waals surface area contributed by atoms with Crippen LogP contribution in [0.1, 0.15) is 42.6 Å². The number of rotatable bonds is 5. The van der Waals surface area contributed by atoms with Crippen molar-refractivity contribution < 1.29 is 19.0 Å². The molecule has 1 aromatic heterocycles. The molecule has 1 saturated carbocycles. The zero-order valence-electron chi connectivity index (χ0n) is 16.7. The molecule has 0 bridgehead atoms. The van der Waals surface area contributed by atoms with Crippen molar-refractivity contribution in [1.29, 1.82) is 0 Å². The van der Waals surface area contributed by atoms with Gasteiger partial charge in [-0.25, -0.2) is 9.97 Å². The van der Waals surface area contributed by atoms with Crippen LogP contribution < -0.4 is 19.5 Å². The summed E-state index contributed by atoms with van der Waals surface area (Å²) in [5, 5.41) is 3.08. The Morgan fingerprint density at radius 2 is 1.79 bits per heavy atom. The Morgan fingerprint density at radius 3 is 2.55 bits per heavy atom. The van der Waals surface area contributed by atoms with E-state index in [-0.39, 0.29) is 24.8 Å². The third-order valence-corrected chi connectivity index (χ3v) is 5.08. The van der Waals surface area contributed by atoms with Gasteiger partial charge < -0.3 is 19.5 Å². The standard InChI is InChI=1S/C22H25N3O4/c1-14-11-15(2)24-22(23-14)29-18-7-5-17(6-8-18)25-21(26)10-4-16-3-9-19-20(12-16)28-13-27-19/h3-4,9-12,17-18H,5-8,13H2,1-2H3,(H,25,26)/b10-4+. The number of hydrogen-bond donors (Lipinski definition) is 1. The number of carbonyl (C=O) groups excluding carboxylic acids is 1. The molecule has 7 heteroatoms. The molecule has 1 aliphatic carbocycles. The zero-order chi connectivity index (χ0) is 20.2. The van der Waals surface area contributed by atoms with Gasteiger partial charge in [0.25, 0.3) is 0 Å². The van der Waals surface area contributed by atoms with Crippen molar-refractivity contribution >= 4 is 12.0 Å². The number of aryl methyl sites for hydroxylation is 2. The maximum Gasteiger partial charge on any atom is 0.317 e. The highest BCUT2D eigenvalue weighted by atomic mass is 16.7. The highest BCUT2D eigenvalue weighted by Crippen LogP contribution is 2.32. The molecule has 2 aromatic rings. The lowest BCUT2D eigenvalue weighted by Crippen LogP contribution is -2.39. The molecule has 2 aliphatic rings. The Kier molecular flexibility index (Phi) is 5.64. The minimum Gasteiger partial charge on any atom is -0.460 e. The third kappa shape index (κ3) is 5.04. The second-order valence-corrected chi connectivity index (χ2v) is 7.48. The third-order valence-electron chi connectivity index (χ3n) is 5.08. The van der Waals surface area contributed by atoms with E-state index in [9.17, 15) is 4.79 Å². The van der Waals surface area contributed by atoms with Crippen LogP contribution in [0.15, 0.2) is 30.3 Å². The van der Waals surface area contributed by atoms with Crippen molar-refractivity contribution in [3.63, 3.8) is 0 Å². The van der Waals surface area contributed by atoms with E-state index in [1.54, 1.807) is 12.2 Å². The van der Waals surface area contributed by atoms with Crippen LogP contribution in [0.25, 0.3) is 6.08 Å².